The van der Waals surface area contributed by atoms with Crippen molar-refractivity contribution in [2.24, 2.45) is 4.99 Å². The molecule has 0 saturated carbocycles. The minimum atomic E-state index is 0.458. The van der Waals surface area contributed by atoms with E-state index in [0.29, 0.717) is 13.1 Å². The number of hydrogen-bond donors (Lipinski definition) is 2. The highest BCUT2D eigenvalue weighted by Crippen LogP contribution is 2.03. The fourth-order valence-corrected chi connectivity index (χ4v) is 1.81. The van der Waals surface area contributed by atoms with Gasteiger partial charge in [-0.3, -0.25) is 9.39 Å². The Morgan fingerprint density at radius 2 is 2.30 bits per heavy atom. The average Bonchev–Trinajstić information content (AvgIpc) is 2.88. The van der Waals surface area contributed by atoms with Crippen LogP contribution in [0.3, 0.4) is 0 Å². The Kier molecular flexibility index (Phi) is 4.95. The quantitative estimate of drug-likeness (QED) is 0.470. The van der Waals surface area contributed by atoms with E-state index in [1.54, 1.807) is 0 Å². The number of aromatic nitrogens is 3. The highest BCUT2D eigenvalue weighted by Gasteiger charge is 2.03. The standard InChI is InChI=1S/C14H18N6/c1-3-9-16-14(15-4-2)17-10-8-13-19-18-12-7-5-6-11-20(12)13/h1,5-7,11H,4,8-10H2,2H3,(H2,15,16,17). The summed E-state index contributed by atoms with van der Waals surface area (Å²) in [6.45, 7) is 3.89. The zero-order valence-electron chi connectivity index (χ0n) is 11.5. The summed E-state index contributed by atoms with van der Waals surface area (Å²) >= 11 is 0. The molecule has 0 spiro atoms. The molecule has 6 heteroatoms. The fraction of sp³-hybridized carbons (Fsp3) is 0.357. The third-order valence-electron chi connectivity index (χ3n) is 2.69. The van der Waals surface area contributed by atoms with Crippen LogP contribution in [0.5, 0.6) is 0 Å². The molecule has 20 heavy (non-hydrogen) atoms. The minimum absolute atomic E-state index is 0.458. The van der Waals surface area contributed by atoms with E-state index in [1.807, 2.05) is 35.7 Å². The molecule has 0 aliphatic rings. The molecule has 0 aliphatic heterocycles. The number of pyridine rings is 1. The predicted octanol–water partition coefficient (Wildman–Crippen LogP) is 0.460. The largest absolute Gasteiger partial charge is 0.357 e. The summed E-state index contributed by atoms with van der Waals surface area (Å²) in [5, 5.41) is 14.5. The van der Waals surface area contributed by atoms with Crippen LogP contribution in [0.25, 0.3) is 5.65 Å². The lowest BCUT2D eigenvalue weighted by molar-refractivity contribution is 0.818. The summed E-state index contributed by atoms with van der Waals surface area (Å²) in [6, 6.07) is 5.83. The van der Waals surface area contributed by atoms with Gasteiger partial charge in [0.05, 0.1) is 6.54 Å². The van der Waals surface area contributed by atoms with Gasteiger partial charge in [0.1, 0.15) is 5.82 Å². The molecule has 0 unspecified atom stereocenters. The Bertz CT molecular complexity index is 622. The van der Waals surface area contributed by atoms with Gasteiger partial charge < -0.3 is 10.6 Å². The van der Waals surface area contributed by atoms with E-state index in [0.717, 1.165) is 30.4 Å². The topological polar surface area (TPSA) is 66.6 Å². The van der Waals surface area contributed by atoms with Gasteiger partial charge in [-0.25, -0.2) is 0 Å². The predicted molar refractivity (Wildman–Crippen MR) is 79.5 cm³/mol. The van der Waals surface area contributed by atoms with Gasteiger partial charge in [-0.05, 0) is 19.1 Å². The first-order valence-corrected chi connectivity index (χ1v) is 6.59. The van der Waals surface area contributed by atoms with Gasteiger partial charge in [-0.1, -0.05) is 12.0 Å². The second-order valence-corrected chi connectivity index (χ2v) is 4.11. The van der Waals surface area contributed by atoms with Gasteiger partial charge in [0.2, 0.25) is 0 Å². The Morgan fingerprint density at radius 3 is 3.10 bits per heavy atom. The zero-order valence-corrected chi connectivity index (χ0v) is 11.5. The van der Waals surface area contributed by atoms with Crippen molar-refractivity contribution in [2.45, 2.75) is 13.3 Å². The van der Waals surface area contributed by atoms with Crippen LogP contribution in [0.4, 0.5) is 0 Å². The molecule has 0 atom stereocenters. The van der Waals surface area contributed by atoms with Crippen LogP contribution < -0.4 is 10.6 Å². The smallest absolute Gasteiger partial charge is 0.192 e. The van der Waals surface area contributed by atoms with Crippen molar-refractivity contribution in [1.29, 1.82) is 0 Å². The van der Waals surface area contributed by atoms with Crippen LogP contribution in [0.2, 0.25) is 0 Å². The van der Waals surface area contributed by atoms with Crippen LogP contribution in [0.1, 0.15) is 12.7 Å². The third-order valence-corrected chi connectivity index (χ3v) is 2.69. The van der Waals surface area contributed by atoms with Gasteiger partial charge >= 0.3 is 0 Å². The summed E-state index contributed by atoms with van der Waals surface area (Å²) < 4.78 is 1.97. The van der Waals surface area contributed by atoms with Gasteiger partial charge in [-0.2, -0.15) is 0 Å². The molecule has 0 aliphatic carbocycles. The lowest BCUT2D eigenvalue weighted by Gasteiger charge is -2.08. The highest BCUT2D eigenvalue weighted by atomic mass is 15.2. The van der Waals surface area contributed by atoms with E-state index in [2.05, 4.69) is 31.7 Å². The van der Waals surface area contributed by atoms with Crippen LogP contribution in [0, 0.1) is 12.3 Å². The maximum Gasteiger partial charge on any atom is 0.192 e. The number of fused-ring (bicyclic) bond motifs is 1. The van der Waals surface area contributed by atoms with Gasteiger partial charge in [0.15, 0.2) is 11.6 Å². The van der Waals surface area contributed by atoms with Crippen molar-refractivity contribution in [3.8, 4) is 12.3 Å². The van der Waals surface area contributed by atoms with Gasteiger partial charge in [-0.15, -0.1) is 16.6 Å². The van der Waals surface area contributed by atoms with Crippen molar-refractivity contribution < 1.29 is 0 Å². The van der Waals surface area contributed by atoms with Crippen molar-refractivity contribution >= 4 is 11.6 Å². The lowest BCUT2D eigenvalue weighted by Crippen LogP contribution is -2.37. The molecule has 0 radical (unpaired) electrons. The normalized spacial score (nSPS) is 11.3. The first-order valence-electron chi connectivity index (χ1n) is 6.59. The molecule has 2 aromatic heterocycles. The number of aliphatic imine (C=N–C) groups is 1. The van der Waals surface area contributed by atoms with Gasteiger partial charge in [0.25, 0.3) is 0 Å². The van der Waals surface area contributed by atoms with Crippen molar-refractivity contribution in [1.82, 2.24) is 25.2 Å². The number of terminal acetylenes is 1. The summed E-state index contributed by atoms with van der Waals surface area (Å²) in [6.07, 6.45) is 7.90. The monoisotopic (exact) mass is 270 g/mol. The van der Waals surface area contributed by atoms with E-state index >= 15 is 0 Å². The molecule has 0 bridgehead atoms. The molecule has 0 amide bonds. The van der Waals surface area contributed by atoms with Crippen LogP contribution in [-0.4, -0.2) is 40.2 Å². The highest BCUT2D eigenvalue weighted by molar-refractivity contribution is 5.79. The van der Waals surface area contributed by atoms with Crippen LogP contribution in [0.15, 0.2) is 29.4 Å². The molecule has 104 valence electrons. The van der Waals surface area contributed by atoms with Crippen LogP contribution in [-0.2, 0) is 6.42 Å². The number of rotatable bonds is 5. The number of nitrogens with zero attached hydrogens (tertiary/aromatic N) is 4. The Labute approximate surface area is 118 Å². The van der Waals surface area contributed by atoms with E-state index in [4.69, 9.17) is 6.42 Å². The third kappa shape index (κ3) is 3.48. The second-order valence-electron chi connectivity index (χ2n) is 4.11. The molecule has 0 aromatic carbocycles. The number of hydrogen-bond acceptors (Lipinski definition) is 3. The second kappa shape index (κ2) is 7.14. The van der Waals surface area contributed by atoms with Crippen LogP contribution >= 0.6 is 0 Å². The van der Waals surface area contributed by atoms with Crippen molar-refractivity contribution in [2.75, 3.05) is 19.6 Å². The number of guanidine groups is 1. The summed E-state index contributed by atoms with van der Waals surface area (Å²) in [5.74, 6) is 4.15. The Hall–Kier alpha value is -2.55. The molecule has 0 fully saturated rings. The first-order chi connectivity index (χ1) is 9.85. The van der Waals surface area contributed by atoms with Gasteiger partial charge in [0, 0.05) is 25.7 Å². The average molecular weight is 270 g/mol. The first kappa shape index (κ1) is 13.9. The molecular weight excluding hydrogens is 252 g/mol. The summed E-state index contributed by atoms with van der Waals surface area (Å²) in [4.78, 5) is 4.45. The molecule has 2 N–H and O–H groups in total. The molecule has 2 heterocycles. The minimum Gasteiger partial charge on any atom is -0.357 e. The molecular formula is C14H18N6. The molecule has 0 saturated heterocycles. The maximum absolute atomic E-state index is 5.22. The van der Waals surface area contributed by atoms with E-state index in [9.17, 15) is 0 Å². The SMILES string of the molecule is C#CCNC(=NCCc1nnc2ccccn12)NCC. The van der Waals surface area contributed by atoms with E-state index in [-0.39, 0.29) is 0 Å². The Balaban J connectivity index is 1.98. The summed E-state index contributed by atoms with van der Waals surface area (Å²) in [7, 11) is 0. The van der Waals surface area contributed by atoms with E-state index < -0.39 is 0 Å². The summed E-state index contributed by atoms with van der Waals surface area (Å²) in [5.41, 5.74) is 0.851. The lowest BCUT2D eigenvalue weighted by atomic mass is 10.4. The Morgan fingerprint density at radius 1 is 1.40 bits per heavy atom. The molecule has 2 aromatic rings. The maximum atomic E-state index is 5.22. The van der Waals surface area contributed by atoms with E-state index in [1.165, 1.54) is 0 Å². The molecule has 2 rings (SSSR count). The zero-order chi connectivity index (χ0) is 14.2. The van der Waals surface area contributed by atoms with Crippen molar-refractivity contribution in [3.63, 3.8) is 0 Å². The molecule has 6 nitrogen and oxygen atoms in total. The fourth-order valence-electron chi connectivity index (χ4n) is 1.81. The number of nitrogens with one attached hydrogen (secondary N) is 2. The van der Waals surface area contributed by atoms with Crippen molar-refractivity contribution in [3.05, 3.63) is 30.2 Å².